The molecule has 0 aliphatic carbocycles. The van der Waals surface area contributed by atoms with Crippen LogP contribution in [-0.2, 0) is 11.3 Å². The van der Waals surface area contributed by atoms with Gasteiger partial charge in [-0.05, 0) is 38.3 Å². The van der Waals surface area contributed by atoms with E-state index >= 15 is 0 Å². The summed E-state index contributed by atoms with van der Waals surface area (Å²) in [5.74, 6) is 0.212. The second-order valence-corrected chi connectivity index (χ2v) is 7.08. The number of aromatic nitrogens is 2. The number of carbonyl (C=O) groups is 1. The van der Waals surface area contributed by atoms with E-state index in [2.05, 4.69) is 44.5 Å². The number of aryl methyl sites for hydroxylation is 1. The lowest BCUT2D eigenvalue weighted by Gasteiger charge is -2.24. The zero-order valence-corrected chi connectivity index (χ0v) is 14.6. The molecule has 0 bridgehead atoms. The van der Waals surface area contributed by atoms with Crippen LogP contribution in [0.25, 0.3) is 0 Å². The average molecular weight is 336 g/mol. The number of hydrogen-bond donors (Lipinski definition) is 1. The van der Waals surface area contributed by atoms with Crippen molar-refractivity contribution in [2.75, 3.05) is 6.54 Å². The largest absolute Gasteiger partial charge is 0.350 e. The lowest BCUT2D eigenvalue weighted by Crippen LogP contribution is -2.37. The molecule has 1 amide bonds. The van der Waals surface area contributed by atoms with Crippen molar-refractivity contribution in [1.29, 1.82) is 0 Å². The standard InChI is InChI=1S/C20H24N4O/c1-14-11-22-16(12-21-14)13-23-20(25)17-10-19(15-6-3-2-4-7-15)24-9-5-8-18(17)24/h2-4,6-7,11-12,17-19H,5,8-10,13H2,1H3,(H,23,25)/t17-,18+,19-/m0/s1. The van der Waals surface area contributed by atoms with Gasteiger partial charge in [-0.15, -0.1) is 0 Å². The third kappa shape index (κ3) is 3.29. The lowest BCUT2D eigenvalue weighted by molar-refractivity contribution is -0.125. The maximum Gasteiger partial charge on any atom is 0.225 e. The first-order valence-electron chi connectivity index (χ1n) is 9.08. The molecule has 2 fully saturated rings. The Hall–Kier alpha value is -2.27. The monoisotopic (exact) mass is 336 g/mol. The summed E-state index contributed by atoms with van der Waals surface area (Å²) in [7, 11) is 0. The summed E-state index contributed by atoms with van der Waals surface area (Å²) < 4.78 is 0. The fourth-order valence-electron chi connectivity index (χ4n) is 4.27. The van der Waals surface area contributed by atoms with Crippen LogP contribution in [0.3, 0.4) is 0 Å². The molecule has 2 aliphatic rings. The first-order chi connectivity index (χ1) is 12.2. The number of hydrogen-bond acceptors (Lipinski definition) is 4. The van der Waals surface area contributed by atoms with Gasteiger partial charge in [0.2, 0.25) is 5.91 Å². The van der Waals surface area contributed by atoms with Crippen LogP contribution in [0.2, 0.25) is 0 Å². The highest BCUT2D eigenvalue weighted by molar-refractivity contribution is 5.80. The van der Waals surface area contributed by atoms with Crippen molar-refractivity contribution in [2.45, 2.75) is 44.8 Å². The van der Waals surface area contributed by atoms with Crippen molar-refractivity contribution in [2.24, 2.45) is 5.92 Å². The summed E-state index contributed by atoms with van der Waals surface area (Å²) >= 11 is 0. The molecule has 5 nitrogen and oxygen atoms in total. The van der Waals surface area contributed by atoms with Crippen molar-refractivity contribution >= 4 is 5.91 Å². The van der Waals surface area contributed by atoms with E-state index in [1.54, 1.807) is 12.4 Å². The molecule has 0 spiro atoms. The number of benzene rings is 1. The molecule has 5 heteroatoms. The minimum absolute atomic E-state index is 0.0612. The Morgan fingerprint density at radius 3 is 2.84 bits per heavy atom. The van der Waals surface area contributed by atoms with Crippen molar-refractivity contribution in [3.63, 3.8) is 0 Å². The fourth-order valence-corrected chi connectivity index (χ4v) is 4.27. The van der Waals surface area contributed by atoms with Crippen LogP contribution in [0.4, 0.5) is 0 Å². The molecule has 1 aromatic carbocycles. The second-order valence-electron chi connectivity index (χ2n) is 7.08. The summed E-state index contributed by atoms with van der Waals surface area (Å²) in [6, 6.07) is 11.3. The van der Waals surface area contributed by atoms with Crippen LogP contribution >= 0.6 is 0 Å². The Morgan fingerprint density at radius 2 is 2.08 bits per heavy atom. The van der Waals surface area contributed by atoms with Crippen LogP contribution in [0.1, 0.15) is 42.3 Å². The highest BCUT2D eigenvalue weighted by atomic mass is 16.2. The van der Waals surface area contributed by atoms with E-state index in [9.17, 15) is 4.79 Å². The Balaban J connectivity index is 1.44. The third-order valence-corrected chi connectivity index (χ3v) is 5.48. The van der Waals surface area contributed by atoms with Crippen molar-refractivity contribution in [3.8, 4) is 0 Å². The number of rotatable bonds is 4. The van der Waals surface area contributed by atoms with E-state index < -0.39 is 0 Å². The van der Waals surface area contributed by atoms with Crippen LogP contribution in [0, 0.1) is 12.8 Å². The van der Waals surface area contributed by atoms with Crippen molar-refractivity contribution in [3.05, 3.63) is 59.7 Å². The van der Waals surface area contributed by atoms with Gasteiger partial charge in [0.25, 0.3) is 0 Å². The molecule has 3 atom stereocenters. The van der Waals surface area contributed by atoms with Gasteiger partial charge in [-0.25, -0.2) is 0 Å². The Bertz CT molecular complexity index is 731. The second kappa shape index (κ2) is 6.92. The van der Waals surface area contributed by atoms with Gasteiger partial charge in [0.1, 0.15) is 0 Å². The molecule has 0 saturated carbocycles. The van der Waals surface area contributed by atoms with Gasteiger partial charge in [0, 0.05) is 18.3 Å². The number of carbonyl (C=O) groups excluding carboxylic acids is 1. The van der Waals surface area contributed by atoms with Crippen molar-refractivity contribution < 1.29 is 4.79 Å². The summed E-state index contributed by atoms with van der Waals surface area (Å²) in [6.07, 6.45) is 6.67. The van der Waals surface area contributed by atoms with Gasteiger partial charge >= 0.3 is 0 Å². The van der Waals surface area contributed by atoms with Crippen LogP contribution in [0.5, 0.6) is 0 Å². The quantitative estimate of drug-likeness (QED) is 0.932. The normalized spacial score (nSPS) is 25.7. The molecule has 3 heterocycles. The van der Waals surface area contributed by atoms with E-state index in [0.717, 1.165) is 30.8 Å². The molecular formula is C20H24N4O. The molecule has 1 aromatic heterocycles. The van der Waals surface area contributed by atoms with Gasteiger partial charge < -0.3 is 5.32 Å². The highest BCUT2D eigenvalue weighted by Gasteiger charge is 2.46. The Kier molecular flexibility index (Phi) is 4.49. The molecular weight excluding hydrogens is 312 g/mol. The van der Waals surface area contributed by atoms with Gasteiger partial charge in [0.15, 0.2) is 0 Å². The van der Waals surface area contributed by atoms with Gasteiger partial charge in [-0.1, -0.05) is 30.3 Å². The average Bonchev–Trinajstić information content (AvgIpc) is 3.24. The van der Waals surface area contributed by atoms with Gasteiger partial charge in [-0.3, -0.25) is 19.7 Å². The molecule has 0 unspecified atom stereocenters. The minimum atomic E-state index is 0.0612. The molecule has 0 radical (unpaired) electrons. The van der Waals surface area contributed by atoms with Gasteiger partial charge in [-0.2, -0.15) is 0 Å². The molecule has 1 N–H and O–H groups in total. The van der Waals surface area contributed by atoms with E-state index in [0.29, 0.717) is 18.6 Å². The number of amides is 1. The van der Waals surface area contributed by atoms with Crippen molar-refractivity contribution in [1.82, 2.24) is 20.2 Å². The zero-order valence-electron chi connectivity index (χ0n) is 14.6. The first kappa shape index (κ1) is 16.2. The van der Waals surface area contributed by atoms with E-state index in [4.69, 9.17) is 0 Å². The molecule has 4 rings (SSSR count). The molecule has 25 heavy (non-hydrogen) atoms. The first-order valence-corrected chi connectivity index (χ1v) is 9.08. The summed E-state index contributed by atoms with van der Waals surface area (Å²) in [4.78, 5) is 23.9. The summed E-state index contributed by atoms with van der Waals surface area (Å²) in [5.41, 5.74) is 3.02. The number of fused-ring (bicyclic) bond motifs is 1. The highest BCUT2D eigenvalue weighted by Crippen LogP contribution is 2.44. The van der Waals surface area contributed by atoms with E-state index in [1.807, 2.05) is 13.0 Å². The summed E-state index contributed by atoms with van der Waals surface area (Å²) in [6.45, 7) is 3.45. The molecule has 130 valence electrons. The maximum atomic E-state index is 12.8. The number of nitrogens with zero attached hydrogens (tertiary/aromatic N) is 3. The predicted octanol–water partition coefficient (Wildman–Crippen LogP) is 2.63. The topological polar surface area (TPSA) is 58.1 Å². The van der Waals surface area contributed by atoms with Gasteiger partial charge in [0.05, 0.1) is 30.0 Å². The Labute approximate surface area is 148 Å². The smallest absolute Gasteiger partial charge is 0.225 e. The van der Waals surface area contributed by atoms with E-state index in [-0.39, 0.29) is 11.8 Å². The lowest BCUT2D eigenvalue weighted by atomic mass is 9.93. The number of nitrogens with one attached hydrogen (secondary N) is 1. The third-order valence-electron chi connectivity index (χ3n) is 5.48. The van der Waals surface area contributed by atoms with Crippen LogP contribution < -0.4 is 5.32 Å². The SMILES string of the molecule is Cc1cnc(CNC(=O)[C@H]2C[C@@H](c3ccccc3)N3CCC[C@H]23)cn1. The van der Waals surface area contributed by atoms with E-state index in [1.165, 1.54) is 12.0 Å². The molecule has 2 aliphatic heterocycles. The minimum Gasteiger partial charge on any atom is -0.350 e. The Morgan fingerprint density at radius 1 is 1.24 bits per heavy atom. The van der Waals surface area contributed by atoms with Crippen LogP contribution in [0.15, 0.2) is 42.7 Å². The molecule has 2 saturated heterocycles. The van der Waals surface area contributed by atoms with Crippen LogP contribution in [-0.4, -0.2) is 33.4 Å². The fraction of sp³-hybridized carbons (Fsp3) is 0.450. The summed E-state index contributed by atoms with van der Waals surface area (Å²) in [5, 5.41) is 3.08. The zero-order chi connectivity index (χ0) is 17.2. The predicted molar refractivity (Wildman–Crippen MR) is 95.6 cm³/mol. The maximum absolute atomic E-state index is 12.8. The molecule has 2 aromatic rings.